The highest BCUT2D eigenvalue weighted by Crippen LogP contribution is 2.27. The number of carbonyl (C=O) groups excluding carboxylic acids is 2. The molecule has 0 saturated heterocycles. The summed E-state index contributed by atoms with van der Waals surface area (Å²) in [7, 11) is 0. The van der Waals surface area contributed by atoms with E-state index in [1.165, 1.54) is 41.8 Å². The van der Waals surface area contributed by atoms with Crippen molar-refractivity contribution in [3.8, 4) is 0 Å². The summed E-state index contributed by atoms with van der Waals surface area (Å²) in [5, 5.41) is 3.95. The Morgan fingerprint density at radius 1 is 1.32 bits per heavy atom. The lowest BCUT2D eigenvalue weighted by atomic mass is 10.0. The molecule has 1 aromatic rings. The summed E-state index contributed by atoms with van der Waals surface area (Å²) >= 11 is 1.83. The highest BCUT2D eigenvalue weighted by atomic mass is 32.1. The van der Waals surface area contributed by atoms with Gasteiger partial charge in [0.15, 0.2) is 0 Å². The molecule has 2 rings (SSSR count). The molecule has 0 atom stereocenters. The maximum atomic E-state index is 11.3. The summed E-state index contributed by atoms with van der Waals surface area (Å²) in [5.74, 6) is -0.268. The summed E-state index contributed by atoms with van der Waals surface area (Å²) in [4.78, 5) is 28.2. The van der Waals surface area contributed by atoms with Crippen molar-refractivity contribution in [2.45, 2.75) is 51.9 Å². The third-order valence-electron chi connectivity index (χ3n) is 3.19. The molecule has 19 heavy (non-hydrogen) atoms. The van der Waals surface area contributed by atoms with Gasteiger partial charge in [-0.2, -0.15) is 0 Å². The largest absolute Gasteiger partial charge is 0.356 e. The molecular formula is C14H20N2O2S. The number of nitrogens with one attached hydrogen (secondary N) is 1. The third-order valence-corrected chi connectivity index (χ3v) is 4.41. The van der Waals surface area contributed by atoms with E-state index in [1.54, 1.807) is 0 Å². The molecule has 1 aliphatic rings. The van der Waals surface area contributed by atoms with Crippen molar-refractivity contribution in [1.29, 1.82) is 0 Å². The van der Waals surface area contributed by atoms with Crippen molar-refractivity contribution in [3.63, 3.8) is 0 Å². The molecule has 1 aliphatic carbocycles. The predicted octanol–water partition coefficient (Wildman–Crippen LogP) is 2.05. The van der Waals surface area contributed by atoms with Gasteiger partial charge in [0.1, 0.15) is 5.78 Å². The number of ketones is 1. The summed E-state index contributed by atoms with van der Waals surface area (Å²) in [5.41, 5.74) is 1.30. The topological polar surface area (TPSA) is 59.1 Å². The number of amides is 1. The van der Waals surface area contributed by atoms with Crippen LogP contribution in [0.15, 0.2) is 0 Å². The summed E-state index contributed by atoms with van der Waals surface area (Å²) in [6, 6.07) is 0. The molecule has 0 fully saturated rings. The normalized spacial score (nSPS) is 13.9. The Labute approximate surface area is 117 Å². The fourth-order valence-corrected chi connectivity index (χ4v) is 3.47. The number of fused-ring (bicyclic) bond motifs is 1. The molecule has 0 aromatic carbocycles. The van der Waals surface area contributed by atoms with Gasteiger partial charge in [-0.15, -0.1) is 11.3 Å². The lowest BCUT2D eigenvalue weighted by Crippen LogP contribution is -2.26. The van der Waals surface area contributed by atoms with Crippen molar-refractivity contribution in [1.82, 2.24) is 10.3 Å². The fourth-order valence-electron chi connectivity index (χ4n) is 2.27. The molecule has 5 heteroatoms. The second-order valence-electron chi connectivity index (χ2n) is 5.02. The Hall–Kier alpha value is -1.23. The number of nitrogens with zero attached hydrogens (tertiary/aromatic N) is 1. The van der Waals surface area contributed by atoms with Crippen LogP contribution in [0, 0.1) is 0 Å². The molecule has 0 spiro atoms. The number of hydrogen-bond acceptors (Lipinski definition) is 4. The Bertz CT molecular complexity index is 445. The van der Waals surface area contributed by atoms with E-state index >= 15 is 0 Å². The minimum atomic E-state index is -0.175. The molecule has 1 heterocycles. The SMILES string of the molecule is CC(=O)CC(=O)NCCCc1nc2c(s1)CCCC2. The zero-order chi connectivity index (χ0) is 13.7. The number of thiazole rings is 1. The highest BCUT2D eigenvalue weighted by molar-refractivity contribution is 7.11. The molecule has 4 nitrogen and oxygen atoms in total. The number of carbonyl (C=O) groups is 2. The van der Waals surface area contributed by atoms with Gasteiger partial charge in [0, 0.05) is 17.8 Å². The summed E-state index contributed by atoms with van der Waals surface area (Å²) in [6.07, 6.45) is 6.65. The van der Waals surface area contributed by atoms with Crippen LogP contribution in [0.1, 0.15) is 48.2 Å². The molecule has 1 N–H and O–H groups in total. The lowest BCUT2D eigenvalue weighted by Gasteiger charge is -2.06. The quantitative estimate of drug-likeness (QED) is 0.641. The van der Waals surface area contributed by atoms with Gasteiger partial charge in [-0.05, 0) is 39.0 Å². The predicted molar refractivity (Wildman–Crippen MR) is 75.4 cm³/mol. The molecule has 0 aliphatic heterocycles. The van der Waals surface area contributed by atoms with Crippen molar-refractivity contribution >= 4 is 23.0 Å². The van der Waals surface area contributed by atoms with Crippen molar-refractivity contribution in [2.75, 3.05) is 6.54 Å². The monoisotopic (exact) mass is 280 g/mol. The lowest BCUT2D eigenvalue weighted by molar-refractivity contribution is -0.127. The standard InChI is InChI=1S/C14H20N2O2S/c1-10(17)9-13(18)15-8-4-7-14-16-11-5-2-3-6-12(11)19-14/h2-9H2,1H3,(H,15,18). The number of rotatable bonds is 6. The Morgan fingerprint density at radius 2 is 2.11 bits per heavy atom. The first kappa shape index (κ1) is 14.2. The fraction of sp³-hybridized carbons (Fsp3) is 0.643. The van der Waals surface area contributed by atoms with Crippen LogP contribution in [0.4, 0.5) is 0 Å². The van der Waals surface area contributed by atoms with Gasteiger partial charge in [-0.3, -0.25) is 9.59 Å². The summed E-state index contributed by atoms with van der Waals surface area (Å²) in [6.45, 7) is 2.05. The number of hydrogen-bond donors (Lipinski definition) is 1. The molecule has 1 aromatic heterocycles. The van der Waals surface area contributed by atoms with Gasteiger partial charge in [-0.1, -0.05) is 0 Å². The highest BCUT2D eigenvalue weighted by Gasteiger charge is 2.14. The minimum Gasteiger partial charge on any atom is -0.356 e. The maximum Gasteiger partial charge on any atom is 0.227 e. The van der Waals surface area contributed by atoms with E-state index in [0.717, 1.165) is 19.3 Å². The van der Waals surface area contributed by atoms with Gasteiger partial charge in [0.25, 0.3) is 0 Å². The van der Waals surface area contributed by atoms with Gasteiger partial charge in [-0.25, -0.2) is 4.98 Å². The molecular weight excluding hydrogens is 260 g/mol. The van der Waals surface area contributed by atoms with Gasteiger partial charge < -0.3 is 5.32 Å². The van der Waals surface area contributed by atoms with Crippen molar-refractivity contribution in [2.24, 2.45) is 0 Å². The van der Waals surface area contributed by atoms with Gasteiger partial charge >= 0.3 is 0 Å². The second-order valence-corrected chi connectivity index (χ2v) is 6.19. The Kier molecular flexibility index (Phi) is 5.07. The zero-order valence-corrected chi connectivity index (χ0v) is 12.1. The molecule has 0 bridgehead atoms. The van der Waals surface area contributed by atoms with E-state index in [-0.39, 0.29) is 18.1 Å². The summed E-state index contributed by atoms with van der Waals surface area (Å²) < 4.78 is 0. The van der Waals surface area contributed by atoms with E-state index in [1.807, 2.05) is 11.3 Å². The average molecular weight is 280 g/mol. The first-order chi connectivity index (χ1) is 9.15. The molecule has 104 valence electrons. The molecule has 1 amide bonds. The smallest absolute Gasteiger partial charge is 0.227 e. The van der Waals surface area contributed by atoms with Crippen molar-refractivity contribution < 1.29 is 9.59 Å². The third kappa shape index (κ3) is 4.42. The van der Waals surface area contributed by atoms with Gasteiger partial charge in [0.2, 0.25) is 5.91 Å². The molecule has 0 saturated carbocycles. The van der Waals surface area contributed by atoms with E-state index in [9.17, 15) is 9.59 Å². The Morgan fingerprint density at radius 3 is 2.84 bits per heavy atom. The van der Waals surface area contributed by atoms with Crippen LogP contribution in [0.3, 0.4) is 0 Å². The maximum absolute atomic E-state index is 11.3. The van der Waals surface area contributed by atoms with Crippen molar-refractivity contribution in [3.05, 3.63) is 15.6 Å². The Balaban J connectivity index is 1.69. The second kappa shape index (κ2) is 6.80. The van der Waals surface area contributed by atoms with Crippen LogP contribution in [0.25, 0.3) is 0 Å². The van der Waals surface area contributed by atoms with Crippen LogP contribution in [0.2, 0.25) is 0 Å². The van der Waals surface area contributed by atoms with Crippen LogP contribution >= 0.6 is 11.3 Å². The number of aromatic nitrogens is 1. The first-order valence-electron chi connectivity index (χ1n) is 6.89. The van der Waals surface area contributed by atoms with E-state index < -0.39 is 0 Å². The zero-order valence-electron chi connectivity index (χ0n) is 11.3. The minimum absolute atomic E-state index is 0.00838. The molecule has 0 radical (unpaired) electrons. The average Bonchev–Trinajstić information content (AvgIpc) is 2.76. The van der Waals surface area contributed by atoms with E-state index in [4.69, 9.17) is 0 Å². The van der Waals surface area contributed by atoms with Crippen LogP contribution in [-0.4, -0.2) is 23.2 Å². The van der Waals surface area contributed by atoms with Crippen LogP contribution in [0.5, 0.6) is 0 Å². The van der Waals surface area contributed by atoms with Gasteiger partial charge in [0.05, 0.1) is 17.1 Å². The number of Topliss-reactive ketones (excluding diaryl/α,β-unsaturated/α-hetero) is 1. The van der Waals surface area contributed by atoms with Crippen LogP contribution < -0.4 is 5.32 Å². The van der Waals surface area contributed by atoms with E-state index in [0.29, 0.717) is 6.54 Å². The van der Waals surface area contributed by atoms with Crippen LogP contribution in [-0.2, 0) is 28.9 Å². The van der Waals surface area contributed by atoms with E-state index in [2.05, 4.69) is 10.3 Å². The molecule has 0 unspecified atom stereocenters. The number of aryl methyl sites for hydroxylation is 3. The first-order valence-corrected chi connectivity index (χ1v) is 7.70.